The van der Waals surface area contributed by atoms with Crippen molar-refractivity contribution in [1.29, 1.82) is 0 Å². The van der Waals surface area contributed by atoms with E-state index in [2.05, 4.69) is 29.5 Å². The van der Waals surface area contributed by atoms with Gasteiger partial charge in [-0.1, -0.05) is 13.8 Å². The van der Waals surface area contributed by atoms with E-state index in [1.807, 2.05) is 0 Å². The molecule has 0 saturated carbocycles. The molecular weight excluding hydrogens is 274 g/mol. The Kier molecular flexibility index (Phi) is 7.17. The van der Waals surface area contributed by atoms with E-state index in [1.54, 1.807) is 6.07 Å². The predicted octanol–water partition coefficient (Wildman–Crippen LogP) is 1.96. The molecule has 0 aliphatic heterocycles. The van der Waals surface area contributed by atoms with Gasteiger partial charge in [0.1, 0.15) is 0 Å². The van der Waals surface area contributed by atoms with Gasteiger partial charge in [-0.25, -0.2) is 14.6 Å². The lowest BCUT2D eigenvalue weighted by Gasteiger charge is -2.10. The lowest BCUT2D eigenvalue weighted by Crippen LogP contribution is -2.32. The van der Waals surface area contributed by atoms with Crippen molar-refractivity contribution in [2.75, 3.05) is 25.1 Å². The van der Waals surface area contributed by atoms with Crippen molar-refractivity contribution in [2.45, 2.75) is 20.3 Å². The summed E-state index contributed by atoms with van der Waals surface area (Å²) in [5.41, 5.74) is -0.0379. The Morgan fingerprint density at radius 2 is 2.14 bits per heavy atom. The first-order chi connectivity index (χ1) is 10.0. The second-order valence-electron chi connectivity index (χ2n) is 4.88. The quantitative estimate of drug-likeness (QED) is 0.636. The van der Waals surface area contributed by atoms with Crippen LogP contribution in [0, 0.1) is 5.92 Å². The van der Waals surface area contributed by atoms with E-state index >= 15 is 0 Å². The van der Waals surface area contributed by atoms with Crippen LogP contribution < -0.4 is 10.6 Å². The summed E-state index contributed by atoms with van der Waals surface area (Å²) in [7, 11) is 0. The third-order valence-electron chi connectivity index (χ3n) is 2.63. The Balaban J connectivity index is 2.30. The highest BCUT2D eigenvalue weighted by molar-refractivity contribution is 5.98. The molecule has 0 aliphatic rings. The van der Waals surface area contributed by atoms with Crippen LogP contribution in [-0.2, 0) is 4.74 Å². The largest absolute Gasteiger partial charge is 0.476 e. The number of amides is 2. The van der Waals surface area contributed by atoms with Gasteiger partial charge in [0.2, 0.25) is 0 Å². The fourth-order valence-electron chi connectivity index (χ4n) is 1.50. The molecule has 2 amide bonds. The van der Waals surface area contributed by atoms with Crippen LogP contribution in [0.25, 0.3) is 0 Å². The summed E-state index contributed by atoms with van der Waals surface area (Å²) in [5.74, 6) is -0.607. The summed E-state index contributed by atoms with van der Waals surface area (Å²) >= 11 is 0. The molecular formula is C14H21N3O4. The topological polar surface area (TPSA) is 101 Å². The third-order valence-corrected chi connectivity index (χ3v) is 2.63. The van der Waals surface area contributed by atoms with Gasteiger partial charge >= 0.3 is 12.0 Å². The first-order valence-electron chi connectivity index (χ1n) is 6.81. The molecule has 0 saturated heterocycles. The second-order valence-corrected chi connectivity index (χ2v) is 4.88. The average molecular weight is 295 g/mol. The molecule has 0 bridgehead atoms. The summed E-state index contributed by atoms with van der Waals surface area (Å²) in [6, 6.07) is 2.55. The number of rotatable bonds is 8. The maximum Gasteiger partial charge on any atom is 0.356 e. The Bertz CT molecular complexity index is 477. The Hall–Kier alpha value is -2.15. The van der Waals surface area contributed by atoms with Crippen LogP contribution in [0.2, 0.25) is 0 Å². The molecule has 0 aromatic carbocycles. The molecule has 0 atom stereocenters. The highest BCUT2D eigenvalue weighted by Gasteiger charge is 2.12. The number of carbonyl (C=O) groups is 2. The highest BCUT2D eigenvalue weighted by atomic mass is 16.5. The number of aromatic carboxylic acids is 1. The minimum absolute atomic E-state index is 0.156. The van der Waals surface area contributed by atoms with Crippen molar-refractivity contribution >= 4 is 17.7 Å². The molecule has 21 heavy (non-hydrogen) atoms. The number of anilines is 1. The fraction of sp³-hybridized carbons (Fsp3) is 0.500. The maximum atomic E-state index is 11.6. The first kappa shape index (κ1) is 16.9. The zero-order valence-corrected chi connectivity index (χ0v) is 12.3. The van der Waals surface area contributed by atoms with Crippen molar-refractivity contribution in [3.63, 3.8) is 0 Å². The average Bonchev–Trinajstić information content (AvgIpc) is 2.42. The van der Waals surface area contributed by atoms with Gasteiger partial charge in [0.15, 0.2) is 5.69 Å². The molecule has 3 N–H and O–H groups in total. The number of pyridine rings is 1. The van der Waals surface area contributed by atoms with Crippen molar-refractivity contribution in [3.05, 3.63) is 24.0 Å². The van der Waals surface area contributed by atoms with E-state index in [1.165, 1.54) is 12.3 Å². The number of carboxylic acids is 1. The lowest BCUT2D eigenvalue weighted by atomic mass is 10.1. The van der Waals surface area contributed by atoms with Gasteiger partial charge in [-0.15, -0.1) is 0 Å². The molecule has 1 aromatic heterocycles. The molecule has 0 aliphatic carbocycles. The number of carbonyl (C=O) groups excluding carboxylic acids is 1. The van der Waals surface area contributed by atoms with Crippen LogP contribution in [-0.4, -0.2) is 41.8 Å². The monoisotopic (exact) mass is 295 g/mol. The molecule has 0 unspecified atom stereocenters. The van der Waals surface area contributed by atoms with Gasteiger partial charge < -0.3 is 20.5 Å². The van der Waals surface area contributed by atoms with Crippen molar-refractivity contribution in [1.82, 2.24) is 10.3 Å². The SMILES string of the molecule is CC(C)CCOCCNC(=O)Nc1cccnc1C(=O)O. The fourth-order valence-corrected chi connectivity index (χ4v) is 1.50. The number of nitrogens with one attached hydrogen (secondary N) is 2. The predicted molar refractivity (Wildman–Crippen MR) is 78.5 cm³/mol. The number of hydrogen-bond acceptors (Lipinski definition) is 4. The Morgan fingerprint density at radius 1 is 1.38 bits per heavy atom. The van der Waals surface area contributed by atoms with Gasteiger partial charge in [-0.3, -0.25) is 0 Å². The zero-order valence-electron chi connectivity index (χ0n) is 12.3. The smallest absolute Gasteiger partial charge is 0.356 e. The van der Waals surface area contributed by atoms with Crippen LogP contribution in [0.5, 0.6) is 0 Å². The Morgan fingerprint density at radius 3 is 2.81 bits per heavy atom. The van der Waals surface area contributed by atoms with Crippen molar-refractivity contribution in [2.24, 2.45) is 5.92 Å². The van der Waals surface area contributed by atoms with Gasteiger partial charge in [-0.05, 0) is 24.5 Å². The minimum Gasteiger partial charge on any atom is -0.476 e. The van der Waals surface area contributed by atoms with E-state index in [0.29, 0.717) is 25.7 Å². The molecule has 1 rings (SSSR count). The van der Waals surface area contributed by atoms with Gasteiger partial charge in [0, 0.05) is 19.3 Å². The van der Waals surface area contributed by atoms with Crippen LogP contribution in [0.4, 0.5) is 10.5 Å². The summed E-state index contributed by atoms with van der Waals surface area (Å²) in [6.45, 7) is 5.66. The third kappa shape index (κ3) is 6.71. The number of urea groups is 1. The van der Waals surface area contributed by atoms with Crippen LogP contribution in [0.15, 0.2) is 18.3 Å². The first-order valence-corrected chi connectivity index (χ1v) is 6.81. The number of aromatic nitrogens is 1. The van der Waals surface area contributed by atoms with E-state index in [0.717, 1.165) is 6.42 Å². The highest BCUT2D eigenvalue weighted by Crippen LogP contribution is 2.11. The van der Waals surface area contributed by atoms with Gasteiger partial charge in [0.05, 0.1) is 12.3 Å². The summed E-state index contributed by atoms with van der Waals surface area (Å²) in [5, 5.41) is 14.0. The molecule has 7 heteroatoms. The maximum absolute atomic E-state index is 11.6. The summed E-state index contributed by atoms with van der Waals surface area (Å²) in [6.07, 6.45) is 2.33. The second kappa shape index (κ2) is 8.91. The molecule has 1 aromatic rings. The number of hydrogen-bond donors (Lipinski definition) is 3. The van der Waals surface area contributed by atoms with E-state index in [9.17, 15) is 9.59 Å². The zero-order chi connectivity index (χ0) is 15.7. The van der Waals surface area contributed by atoms with E-state index in [4.69, 9.17) is 9.84 Å². The van der Waals surface area contributed by atoms with Crippen LogP contribution in [0.3, 0.4) is 0 Å². The van der Waals surface area contributed by atoms with Crippen LogP contribution in [0.1, 0.15) is 30.8 Å². The van der Waals surface area contributed by atoms with E-state index < -0.39 is 12.0 Å². The normalized spacial score (nSPS) is 10.4. The molecule has 7 nitrogen and oxygen atoms in total. The Labute approximate surface area is 123 Å². The molecule has 0 fully saturated rings. The molecule has 1 heterocycles. The van der Waals surface area contributed by atoms with Gasteiger partial charge in [-0.2, -0.15) is 0 Å². The number of nitrogens with zero attached hydrogens (tertiary/aromatic N) is 1. The lowest BCUT2D eigenvalue weighted by molar-refractivity contribution is 0.0691. The number of carboxylic acid groups (broad SMARTS) is 1. The molecule has 116 valence electrons. The summed E-state index contributed by atoms with van der Waals surface area (Å²) < 4.78 is 5.36. The standard InChI is InChI=1S/C14H21N3O4/c1-10(2)5-8-21-9-7-16-14(20)17-11-4-3-6-15-12(11)13(18)19/h3-4,6,10H,5,7-9H2,1-2H3,(H,18,19)(H2,16,17,20). The molecule has 0 radical (unpaired) electrons. The van der Waals surface area contributed by atoms with E-state index in [-0.39, 0.29) is 11.4 Å². The molecule has 0 spiro atoms. The van der Waals surface area contributed by atoms with Gasteiger partial charge in [0.25, 0.3) is 0 Å². The van der Waals surface area contributed by atoms with Crippen molar-refractivity contribution in [3.8, 4) is 0 Å². The minimum atomic E-state index is -1.19. The number of ether oxygens (including phenoxy) is 1. The van der Waals surface area contributed by atoms with Crippen LogP contribution >= 0.6 is 0 Å². The summed E-state index contributed by atoms with van der Waals surface area (Å²) in [4.78, 5) is 26.3. The van der Waals surface area contributed by atoms with Crippen molar-refractivity contribution < 1.29 is 19.4 Å².